The maximum absolute atomic E-state index is 4.20. The number of hydrogen-bond donors (Lipinski definition) is 2. The standard InChI is InChI=1S/C12H21N3S2/c1-10(11-4-6-17-9-11)8-15-12(13-2)14-5-7-16-3/h4,6,9-10H,5,7-8H2,1-3H3,(H2,13,14,15). The van der Waals surface area contributed by atoms with Crippen molar-refractivity contribution in [1.29, 1.82) is 0 Å². The van der Waals surface area contributed by atoms with Gasteiger partial charge in [0.1, 0.15) is 0 Å². The molecule has 1 heterocycles. The molecule has 0 bridgehead atoms. The summed E-state index contributed by atoms with van der Waals surface area (Å²) in [5.41, 5.74) is 1.39. The van der Waals surface area contributed by atoms with E-state index in [-0.39, 0.29) is 0 Å². The van der Waals surface area contributed by atoms with Crippen LogP contribution in [-0.4, -0.2) is 38.1 Å². The fourth-order valence-corrected chi connectivity index (χ4v) is 2.50. The van der Waals surface area contributed by atoms with Crippen LogP contribution in [0.3, 0.4) is 0 Å². The van der Waals surface area contributed by atoms with Gasteiger partial charge in [0.05, 0.1) is 0 Å². The van der Waals surface area contributed by atoms with Gasteiger partial charge in [-0.3, -0.25) is 4.99 Å². The van der Waals surface area contributed by atoms with Gasteiger partial charge in [0.2, 0.25) is 0 Å². The Balaban J connectivity index is 2.28. The van der Waals surface area contributed by atoms with Crippen molar-refractivity contribution in [3.8, 4) is 0 Å². The van der Waals surface area contributed by atoms with Gasteiger partial charge in [-0.1, -0.05) is 6.92 Å². The van der Waals surface area contributed by atoms with Gasteiger partial charge in [-0.25, -0.2) is 0 Å². The summed E-state index contributed by atoms with van der Waals surface area (Å²) in [6.07, 6.45) is 2.11. The van der Waals surface area contributed by atoms with Crippen LogP contribution in [-0.2, 0) is 0 Å². The highest BCUT2D eigenvalue weighted by molar-refractivity contribution is 7.98. The van der Waals surface area contributed by atoms with Crippen LogP contribution in [0.2, 0.25) is 0 Å². The smallest absolute Gasteiger partial charge is 0.191 e. The van der Waals surface area contributed by atoms with E-state index in [1.165, 1.54) is 5.56 Å². The second-order valence-electron chi connectivity index (χ2n) is 3.83. The molecule has 96 valence electrons. The molecule has 17 heavy (non-hydrogen) atoms. The molecule has 1 unspecified atom stereocenters. The van der Waals surface area contributed by atoms with Crippen LogP contribution in [0.25, 0.3) is 0 Å². The molecule has 0 aliphatic rings. The molecule has 1 rings (SSSR count). The van der Waals surface area contributed by atoms with Crippen LogP contribution < -0.4 is 10.6 Å². The molecule has 0 saturated heterocycles. The van der Waals surface area contributed by atoms with E-state index in [2.05, 4.69) is 45.6 Å². The predicted octanol–water partition coefficient (Wildman–Crippen LogP) is 2.38. The number of thioether (sulfide) groups is 1. The lowest BCUT2D eigenvalue weighted by atomic mass is 10.1. The zero-order chi connectivity index (χ0) is 12.5. The third kappa shape index (κ3) is 5.46. The minimum absolute atomic E-state index is 0.514. The molecule has 0 aliphatic carbocycles. The fraction of sp³-hybridized carbons (Fsp3) is 0.583. The third-order valence-corrected chi connectivity index (χ3v) is 3.82. The number of nitrogens with one attached hydrogen (secondary N) is 2. The van der Waals surface area contributed by atoms with Crippen molar-refractivity contribution in [3.05, 3.63) is 22.4 Å². The van der Waals surface area contributed by atoms with Crippen LogP contribution in [0.4, 0.5) is 0 Å². The zero-order valence-electron chi connectivity index (χ0n) is 10.7. The third-order valence-electron chi connectivity index (χ3n) is 2.51. The van der Waals surface area contributed by atoms with Gasteiger partial charge in [-0.05, 0) is 34.6 Å². The van der Waals surface area contributed by atoms with Gasteiger partial charge in [-0.2, -0.15) is 23.1 Å². The Morgan fingerprint density at radius 2 is 2.35 bits per heavy atom. The lowest BCUT2D eigenvalue weighted by Gasteiger charge is -2.15. The van der Waals surface area contributed by atoms with Crippen molar-refractivity contribution in [3.63, 3.8) is 0 Å². The molecule has 1 aromatic heterocycles. The van der Waals surface area contributed by atoms with Crippen LogP contribution in [0.1, 0.15) is 18.4 Å². The van der Waals surface area contributed by atoms with E-state index in [0.717, 1.165) is 24.8 Å². The summed E-state index contributed by atoms with van der Waals surface area (Å²) in [5, 5.41) is 11.0. The van der Waals surface area contributed by atoms with E-state index in [0.29, 0.717) is 5.92 Å². The Kier molecular flexibility index (Phi) is 7.12. The molecule has 5 heteroatoms. The van der Waals surface area contributed by atoms with E-state index in [9.17, 15) is 0 Å². The maximum Gasteiger partial charge on any atom is 0.191 e. The molecule has 2 N–H and O–H groups in total. The Labute approximate surface area is 112 Å². The van der Waals surface area contributed by atoms with Gasteiger partial charge in [0, 0.05) is 25.9 Å². The minimum Gasteiger partial charge on any atom is -0.356 e. The number of hydrogen-bond acceptors (Lipinski definition) is 3. The molecule has 0 spiro atoms. The van der Waals surface area contributed by atoms with Crippen molar-refractivity contribution in [2.75, 3.05) is 32.1 Å². The monoisotopic (exact) mass is 271 g/mol. The van der Waals surface area contributed by atoms with Crippen molar-refractivity contribution in [1.82, 2.24) is 10.6 Å². The molecule has 3 nitrogen and oxygen atoms in total. The summed E-state index contributed by atoms with van der Waals surface area (Å²) >= 11 is 3.58. The van der Waals surface area contributed by atoms with Gasteiger partial charge < -0.3 is 10.6 Å². The number of nitrogens with zero attached hydrogens (tertiary/aromatic N) is 1. The van der Waals surface area contributed by atoms with E-state index in [1.54, 1.807) is 11.3 Å². The first-order valence-corrected chi connectivity index (χ1v) is 8.07. The Morgan fingerprint density at radius 1 is 1.53 bits per heavy atom. The second kappa shape index (κ2) is 8.42. The average Bonchev–Trinajstić information content (AvgIpc) is 2.87. The van der Waals surface area contributed by atoms with Crippen LogP contribution >= 0.6 is 23.1 Å². The number of thiophene rings is 1. The van der Waals surface area contributed by atoms with Gasteiger partial charge >= 0.3 is 0 Å². The summed E-state index contributed by atoms with van der Waals surface area (Å²) < 4.78 is 0. The highest BCUT2D eigenvalue weighted by atomic mass is 32.2. The van der Waals surface area contributed by atoms with Crippen LogP contribution in [0, 0.1) is 0 Å². The number of rotatable bonds is 6. The lowest BCUT2D eigenvalue weighted by molar-refractivity contribution is 0.705. The molecule has 0 radical (unpaired) electrons. The van der Waals surface area contributed by atoms with Gasteiger partial charge in [-0.15, -0.1) is 0 Å². The molecular formula is C12H21N3S2. The molecule has 0 amide bonds. The van der Waals surface area contributed by atoms with E-state index in [1.807, 2.05) is 18.8 Å². The molecular weight excluding hydrogens is 250 g/mol. The van der Waals surface area contributed by atoms with E-state index < -0.39 is 0 Å². The second-order valence-corrected chi connectivity index (χ2v) is 5.60. The van der Waals surface area contributed by atoms with Crippen molar-refractivity contribution >= 4 is 29.1 Å². The molecule has 0 fully saturated rings. The molecule has 0 saturated carbocycles. The quantitative estimate of drug-likeness (QED) is 0.474. The normalized spacial score (nSPS) is 13.5. The van der Waals surface area contributed by atoms with E-state index >= 15 is 0 Å². The molecule has 0 aromatic carbocycles. The zero-order valence-corrected chi connectivity index (χ0v) is 12.3. The SMILES string of the molecule is CN=C(NCCSC)NCC(C)c1ccsc1. The Morgan fingerprint density at radius 3 is 2.94 bits per heavy atom. The summed E-state index contributed by atoms with van der Waals surface area (Å²) in [6, 6.07) is 2.18. The fourth-order valence-electron chi connectivity index (χ4n) is 1.42. The maximum atomic E-state index is 4.20. The van der Waals surface area contributed by atoms with Gasteiger partial charge in [0.25, 0.3) is 0 Å². The number of guanidine groups is 1. The summed E-state index contributed by atoms with van der Waals surface area (Å²) in [6.45, 7) is 4.09. The molecule has 1 aromatic rings. The molecule has 1 atom stereocenters. The first-order valence-electron chi connectivity index (χ1n) is 5.73. The lowest BCUT2D eigenvalue weighted by Crippen LogP contribution is -2.39. The average molecular weight is 271 g/mol. The summed E-state index contributed by atoms with van der Waals surface area (Å²) in [4.78, 5) is 4.20. The van der Waals surface area contributed by atoms with Crippen LogP contribution in [0.15, 0.2) is 21.8 Å². The first kappa shape index (κ1) is 14.4. The summed E-state index contributed by atoms with van der Waals surface area (Å²) in [5.74, 6) is 2.50. The van der Waals surface area contributed by atoms with E-state index in [4.69, 9.17) is 0 Å². The Bertz CT molecular complexity index is 323. The van der Waals surface area contributed by atoms with Crippen LogP contribution in [0.5, 0.6) is 0 Å². The van der Waals surface area contributed by atoms with Crippen molar-refractivity contribution < 1.29 is 0 Å². The van der Waals surface area contributed by atoms with Gasteiger partial charge in [0.15, 0.2) is 5.96 Å². The molecule has 0 aliphatic heterocycles. The predicted molar refractivity (Wildman–Crippen MR) is 80.5 cm³/mol. The number of aliphatic imine (C=N–C) groups is 1. The topological polar surface area (TPSA) is 36.4 Å². The summed E-state index contributed by atoms with van der Waals surface area (Å²) in [7, 11) is 1.81. The highest BCUT2D eigenvalue weighted by Gasteiger charge is 2.06. The van der Waals surface area contributed by atoms with Crippen molar-refractivity contribution in [2.24, 2.45) is 4.99 Å². The first-order chi connectivity index (χ1) is 8.27. The Hall–Kier alpha value is -0.680. The minimum atomic E-state index is 0.514. The van der Waals surface area contributed by atoms with Crippen molar-refractivity contribution in [2.45, 2.75) is 12.8 Å². The largest absolute Gasteiger partial charge is 0.356 e. The highest BCUT2D eigenvalue weighted by Crippen LogP contribution is 2.16.